The lowest BCUT2D eigenvalue weighted by atomic mass is 9.75. The second-order valence-corrected chi connectivity index (χ2v) is 27.3. The highest BCUT2D eigenvalue weighted by Gasteiger charge is 2.47. The van der Waals surface area contributed by atoms with Crippen molar-refractivity contribution < 1.29 is 0 Å². The minimum Gasteiger partial charge on any atom is -0.310 e. The fourth-order valence-electron chi connectivity index (χ4n) is 16.5. The molecule has 0 aromatic heterocycles. The predicted molar refractivity (Wildman–Crippen MR) is 342 cm³/mol. The summed E-state index contributed by atoms with van der Waals surface area (Å²) in [5.41, 5.74) is 32.5. The number of nitrogens with zero attached hydrogens (tertiary/aromatic N) is 2. The molecule has 9 aromatic rings. The van der Waals surface area contributed by atoms with E-state index in [0.717, 1.165) is 18.5 Å². The van der Waals surface area contributed by atoms with Crippen molar-refractivity contribution in [2.24, 2.45) is 0 Å². The maximum atomic E-state index is 2.55. The van der Waals surface area contributed by atoms with E-state index in [1.807, 2.05) is 0 Å². The molecule has 2 heteroatoms. The summed E-state index contributed by atoms with van der Waals surface area (Å²) < 4.78 is 0. The summed E-state index contributed by atoms with van der Waals surface area (Å²) in [6, 6.07) is 73.0. The van der Waals surface area contributed by atoms with Crippen LogP contribution in [0.25, 0.3) is 39.0 Å². The molecule has 81 heavy (non-hydrogen) atoms. The van der Waals surface area contributed by atoms with Gasteiger partial charge in [0.25, 0.3) is 0 Å². The molecule has 0 aliphatic heterocycles. The van der Waals surface area contributed by atoms with Gasteiger partial charge in [-0.15, -0.1) is 0 Å². The molecule has 15 rings (SSSR count). The molecule has 6 aliphatic carbocycles. The normalized spacial score (nSPS) is 19.6. The van der Waals surface area contributed by atoms with Crippen molar-refractivity contribution in [3.63, 3.8) is 0 Å². The van der Waals surface area contributed by atoms with E-state index in [4.69, 9.17) is 0 Å². The first-order valence-electron chi connectivity index (χ1n) is 29.6. The van der Waals surface area contributed by atoms with Crippen LogP contribution in [0.5, 0.6) is 0 Å². The zero-order valence-corrected chi connectivity index (χ0v) is 49.0. The Morgan fingerprint density at radius 1 is 0.309 bits per heavy atom. The second-order valence-electron chi connectivity index (χ2n) is 27.3. The Bertz CT molecular complexity index is 4170. The molecule has 2 nitrogen and oxygen atoms in total. The Labute approximate surface area is 480 Å². The van der Waals surface area contributed by atoms with E-state index >= 15 is 0 Å². The molecular weight excluding hydrogens is 977 g/mol. The number of anilines is 6. The van der Waals surface area contributed by atoms with E-state index in [2.05, 4.69) is 298 Å². The lowest BCUT2D eigenvalue weighted by Crippen LogP contribution is -2.23. The number of benzene rings is 9. The standard InChI is InChI=1S/C79H72N2/c1-74(2)48-79(11,49-29-31-50(32-30-49)80(52-34-39-61-57-22-15-18-26-65(57)76(5,6)70(61)44-52)51-33-38-60-56-21-13-12-14-25-64(56)75(3,4)69(60)43-51)68-42-37-55(47-73(68)74)81(53-35-40-62-58-23-16-19-27-66(58)77(7,8)71(62)45-53)54-36-41-63-59-24-17-20-28-67(59)78(9,10)72(63)46-54/h12-20,22-47H,21,48H2,1-11H3. The first kappa shape index (κ1) is 49.8. The van der Waals surface area contributed by atoms with E-state index in [-0.39, 0.29) is 32.5 Å². The quantitative estimate of drug-likeness (QED) is 0.157. The zero-order valence-electron chi connectivity index (χ0n) is 49.0. The lowest BCUT2D eigenvalue weighted by molar-refractivity contribution is 0.425. The molecule has 6 aliphatic rings. The number of fused-ring (bicyclic) bond motifs is 12. The molecule has 0 amide bonds. The van der Waals surface area contributed by atoms with Crippen LogP contribution in [0.2, 0.25) is 0 Å². The van der Waals surface area contributed by atoms with Crippen LogP contribution in [0.15, 0.2) is 218 Å². The Kier molecular flexibility index (Phi) is 10.4. The van der Waals surface area contributed by atoms with Crippen LogP contribution in [0.3, 0.4) is 0 Å². The van der Waals surface area contributed by atoms with Gasteiger partial charge in [-0.05, 0) is 197 Å². The fraction of sp³-hybridized carbons (Fsp3) is 0.241. The second kappa shape index (κ2) is 16.9. The molecule has 9 aromatic carbocycles. The first-order valence-corrected chi connectivity index (χ1v) is 29.6. The van der Waals surface area contributed by atoms with Gasteiger partial charge in [0.1, 0.15) is 0 Å². The number of hydrogen-bond donors (Lipinski definition) is 0. The van der Waals surface area contributed by atoms with Gasteiger partial charge in [-0.2, -0.15) is 0 Å². The maximum Gasteiger partial charge on any atom is 0.0465 e. The summed E-state index contributed by atoms with van der Waals surface area (Å²) in [6.07, 6.45) is 11.0. The van der Waals surface area contributed by atoms with Crippen molar-refractivity contribution in [2.75, 3.05) is 9.80 Å². The third-order valence-corrected chi connectivity index (χ3v) is 20.7. The molecule has 0 bridgehead atoms. The molecule has 1 atom stereocenters. The van der Waals surface area contributed by atoms with E-state index < -0.39 is 0 Å². The predicted octanol–water partition coefficient (Wildman–Crippen LogP) is 21.1. The summed E-state index contributed by atoms with van der Waals surface area (Å²) in [7, 11) is 0. The number of allylic oxidation sites excluding steroid dienone is 6. The first-order chi connectivity index (χ1) is 38.8. The fourth-order valence-corrected chi connectivity index (χ4v) is 16.5. The lowest BCUT2D eigenvalue weighted by Gasteiger charge is -2.32. The van der Waals surface area contributed by atoms with Crippen LogP contribution in [0, 0.1) is 0 Å². The van der Waals surface area contributed by atoms with Gasteiger partial charge in [0.15, 0.2) is 0 Å². The average molecular weight is 1050 g/mol. The highest BCUT2D eigenvalue weighted by molar-refractivity contribution is 5.91. The van der Waals surface area contributed by atoms with Crippen molar-refractivity contribution >= 4 is 39.7 Å². The van der Waals surface area contributed by atoms with Crippen molar-refractivity contribution in [1.29, 1.82) is 0 Å². The van der Waals surface area contributed by atoms with Gasteiger partial charge in [0.05, 0.1) is 0 Å². The van der Waals surface area contributed by atoms with Gasteiger partial charge >= 0.3 is 0 Å². The summed E-state index contributed by atoms with van der Waals surface area (Å²) in [4.78, 5) is 5.07. The van der Waals surface area contributed by atoms with Gasteiger partial charge in [-0.3, -0.25) is 0 Å². The van der Waals surface area contributed by atoms with Crippen molar-refractivity contribution in [3.05, 3.63) is 279 Å². The third-order valence-electron chi connectivity index (χ3n) is 20.7. The minimum atomic E-state index is -0.218. The van der Waals surface area contributed by atoms with Gasteiger partial charge in [-0.1, -0.05) is 216 Å². The summed E-state index contributed by atoms with van der Waals surface area (Å²) >= 11 is 0. The maximum absolute atomic E-state index is 2.55. The smallest absolute Gasteiger partial charge is 0.0465 e. The van der Waals surface area contributed by atoms with Crippen LogP contribution in [-0.4, -0.2) is 0 Å². The van der Waals surface area contributed by atoms with E-state index in [1.165, 1.54) is 134 Å². The van der Waals surface area contributed by atoms with Crippen LogP contribution >= 0.6 is 0 Å². The van der Waals surface area contributed by atoms with Crippen molar-refractivity contribution in [2.45, 2.75) is 121 Å². The number of rotatable bonds is 7. The van der Waals surface area contributed by atoms with Gasteiger partial charge in [-0.25, -0.2) is 0 Å². The Morgan fingerprint density at radius 2 is 0.679 bits per heavy atom. The average Bonchev–Trinajstić information content (AvgIpc) is 4.20. The molecule has 0 spiro atoms. The van der Waals surface area contributed by atoms with Crippen LogP contribution in [-0.2, 0) is 32.5 Å². The summed E-state index contributed by atoms with van der Waals surface area (Å²) in [6.45, 7) is 26.6. The molecule has 0 saturated heterocycles. The molecule has 0 heterocycles. The number of hydrogen-bond acceptors (Lipinski definition) is 2. The van der Waals surface area contributed by atoms with Gasteiger partial charge < -0.3 is 9.80 Å². The summed E-state index contributed by atoms with van der Waals surface area (Å²) in [5, 5.41) is 0. The molecule has 1 unspecified atom stereocenters. The van der Waals surface area contributed by atoms with E-state index in [0.29, 0.717) is 0 Å². The Morgan fingerprint density at radius 3 is 1.15 bits per heavy atom. The third kappa shape index (κ3) is 6.98. The van der Waals surface area contributed by atoms with Gasteiger partial charge in [0.2, 0.25) is 0 Å². The van der Waals surface area contributed by atoms with E-state index in [1.54, 1.807) is 0 Å². The van der Waals surface area contributed by atoms with Gasteiger partial charge in [0, 0.05) is 61.2 Å². The molecular formula is C79H72N2. The zero-order chi connectivity index (χ0) is 55.8. The SMILES string of the molecule is CC1(C)CC(C)(c2ccc(N(c3ccc4c(c3)C(C)(C)C3=C4CC=CC=C3)c3ccc4c(c3)C(C)(C)c3ccccc3-4)cc2)c2ccc(N(c3ccc4c(c3)C(C)(C)c3ccccc3-4)c3ccc4c(c3)C(C)(C)c3ccccc3-4)cc21. The Balaban J connectivity index is 0.835. The van der Waals surface area contributed by atoms with Crippen LogP contribution in [0.4, 0.5) is 34.1 Å². The molecule has 0 saturated carbocycles. The van der Waals surface area contributed by atoms with Crippen LogP contribution < -0.4 is 9.80 Å². The topological polar surface area (TPSA) is 6.48 Å². The highest BCUT2D eigenvalue weighted by Crippen LogP contribution is 2.58. The van der Waals surface area contributed by atoms with Crippen LogP contribution in [0.1, 0.15) is 150 Å². The minimum absolute atomic E-state index is 0.0944. The van der Waals surface area contributed by atoms with E-state index in [9.17, 15) is 0 Å². The van der Waals surface area contributed by atoms with Crippen molar-refractivity contribution in [3.8, 4) is 33.4 Å². The molecule has 0 radical (unpaired) electrons. The molecule has 0 N–H and O–H groups in total. The molecule has 398 valence electrons. The molecule has 0 fully saturated rings. The Hall–Kier alpha value is -8.20. The monoisotopic (exact) mass is 1050 g/mol. The highest BCUT2D eigenvalue weighted by atomic mass is 15.1. The van der Waals surface area contributed by atoms with Crippen molar-refractivity contribution in [1.82, 2.24) is 0 Å². The summed E-state index contributed by atoms with van der Waals surface area (Å²) in [5.74, 6) is 0. The largest absolute Gasteiger partial charge is 0.310 e.